The zero-order valence-electron chi connectivity index (χ0n) is 18.2. The van der Waals surface area contributed by atoms with E-state index in [1.807, 2.05) is 42.2 Å². The molecule has 7 nitrogen and oxygen atoms in total. The molecule has 1 amide bonds. The first-order valence-electron chi connectivity index (χ1n) is 10.7. The molecule has 0 bridgehead atoms. The summed E-state index contributed by atoms with van der Waals surface area (Å²) in [4.78, 5) is 17.1. The van der Waals surface area contributed by atoms with Crippen LogP contribution in [0.25, 0.3) is 16.6 Å². The van der Waals surface area contributed by atoms with Crippen LogP contribution in [0, 0.1) is 6.92 Å². The summed E-state index contributed by atoms with van der Waals surface area (Å²) in [5.41, 5.74) is 4.04. The number of pyridine rings is 1. The lowest BCUT2D eigenvalue weighted by Crippen LogP contribution is -2.49. The third-order valence-corrected chi connectivity index (χ3v) is 6.83. The molecule has 1 aliphatic heterocycles. The Hall–Kier alpha value is -3.26. The lowest BCUT2D eigenvalue weighted by Gasteiger charge is -2.36. The molecule has 4 aromatic rings. The van der Waals surface area contributed by atoms with Gasteiger partial charge in [0.1, 0.15) is 5.75 Å². The average Bonchev–Trinajstić information content (AvgIpc) is 3.28. The standard InChI is InChI=1S/C24H25N5O2S/c1-17-15-18-7-3-4-8-19(18)29-23(17)25-26-24(29)32-16-22(30)28-13-11-27(12-14-28)20-9-5-6-10-21(20)31-2/h3-10,15H,11-14,16H2,1-2H3. The van der Waals surface area contributed by atoms with Crippen molar-refractivity contribution in [2.24, 2.45) is 0 Å². The first kappa shape index (κ1) is 20.6. The lowest BCUT2D eigenvalue weighted by molar-refractivity contribution is -0.128. The van der Waals surface area contributed by atoms with Gasteiger partial charge in [-0.1, -0.05) is 42.1 Å². The molecule has 2 aromatic carbocycles. The van der Waals surface area contributed by atoms with Crippen LogP contribution in [0.4, 0.5) is 5.69 Å². The van der Waals surface area contributed by atoms with Crippen molar-refractivity contribution >= 4 is 39.9 Å². The Bertz CT molecular complexity index is 1280. The molecule has 2 aromatic heterocycles. The fourth-order valence-electron chi connectivity index (χ4n) is 4.25. The maximum atomic E-state index is 12.9. The highest BCUT2D eigenvalue weighted by Gasteiger charge is 2.23. The summed E-state index contributed by atoms with van der Waals surface area (Å²) in [6, 6.07) is 18.3. The van der Waals surface area contributed by atoms with Crippen molar-refractivity contribution in [2.75, 3.05) is 43.9 Å². The number of nitrogens with zero attached hydrogens (tertiary/aromatic N) is 5. The van der Waals surface area contributed by atoms with Gasteiger partial charge in [0.05, 0.1) is 24.1 Å². The first-order valence-corrected chi connectivity index (χ1v) is 11.7. The Kier molecular flexibility index (Phi) is 5.61. The molecule has 0 N–H and O–H groups in total. The Morgan fingerprint density at radius 3 is 2.59 bits per heavy atom. The summed E-state index contributed by atoms with van der Waals surface area (Å²) < 4.78 is 7.54. The number of aromatic nitrogens is 3. The van der Waals surface area contributed by atoms with Crippen molar-refractivity contribution in [1.29, 1.82) is 0 Å². The van der Waals surface area contributed by atoms with E-state index >= 15 is 0 Å². The number of para-hydroxylation sites is 3. The van der Waals surface area contributed by atoms with Crippen LogP contribution in [0.15, 0.2) is 59.8 Å². The number of hydrogen-bond donors (Lipinski definition) is 0. The Labute approximate surface area is 191 Å². The third-order valence-electron chi connectivity index (χ3n) is 5.92. The van der Waals surface area contributed by atoms with Crippen molar-refractivity contribution in [2.45, 2.75) is 12.1 Å². The minimum atomic E-state index is 0.128. The number of benzene rings is 2. The number of amides is 1. The number of rotatable bonds is 5. The van der Waals surface area contributed by atoms with Crippen LogP contribution < -0.4 is 9.64 Å². The summed E-state index contributed by atoms with van der Waals surface area (Å²) in [7, 11) is 1.69. The van der Waals surface area contributed by atoms with Crippen LogP contribution >= 0.6 is 11.8 Å². The molecule has 1 aliphatic rings. The molecule has 0 aliphatic carbocycles. The van der Waals surface area contributed by atoms with Crippen LogP contribution in [-0.4, -0.2) is 64.4 Å². The predicted molar refractivity (Wildman–Crippen MR) is 128 cm³/mol. The van der Waals surface area contributed by atoms with Crippen LogP contribution in [0.5, 0.6) is 5.75 Å². The van der Waals surface area contributed by atoms with Crippen molar-refractivity contribution in [1.82, 2.24) is 19.5 Å². The monoisotopic (exact) mass is 447 g/mol. The van der Waals surface area contributed by atoms with Crippen molar-refractivity contribution in [3.8, 4) is 5.75 Å². The number of aryl methyl sites for hydroxylation is 1. The van der Waals surface area contributed by atoms with Gasteiger partial charge in [0.25, 0.3) is 0 Å². The minimum Gasteiger partial charge on any atom is -0.495 e. The highest BCUT2D eigenvalue weighted by atomic mass is 32.2. The van der Waals surface area contributed by atoms with E-state index in [0.29, 0.717) is 18.8 Å². The predicted octanol–water partition coefficient (Wildman–Crippen LogP) is 3.64. The number of piperazine rings is 1. The van der Waals surface area contributed by atoms with Gasteiger partial charge >= 0.3 is 0 Å². The van der Waals surface area contributed by atoms with Gasteiger partial charge in [-0.2, -0.15) is 0 Å². The summed E-state index contributed by atoms with van der Waals surface area (Å²) in [6.45, 7) is 5.00. The highest BCUT2D eigenvalue weighted by molar-refractivity contribution is 7.99. The average molecular weight is 448 g/mol. The molecule has 3 heterocycles. The molecule has 0 unspecified atom stereocenters. The molecule has 0 saturated carbocycles. The van der Waals surface area contributed by atoms with Gasteiger partial charge in [0.2, 0.25) is 5.91 Å². The molecule has 0 radical (unpaired) electrons. The van der Waals surface area contributed by atoms with Gasteiger partial charge in [-0.25, -0.2) is 0 Å². The van der Waals surface area contributed by atoms with E-state index in [2.05, 4.69) is 43.8 Å². The van der Waals surface area contributed by atoms with E-state index in [9.17, 15) is 4.79 Å². The Balaban J connectivity index is 1.27. The maximum absolute atomic E-state index is 12.9. The van der Waals surface area contributed by atoms with Gasteiger partial charge in [0, 0.05) is 26.2 Å². The number of carbonyl (C=O) groups excluding carboxylic acids is 1. The fraction of sp³-hybridized carbons (Fsp3) is 0.292. The quantitative estimate of drug-likeness (QED) is 0.435. The molecule has 32 heavy (non-hydrogen) atoms. The van der Waals surface area contributed by atoms with Crippen LogP contribution in [-0.2, 0) is 4.79 Å². The minimum absolute atomic E-state index is 0.128. The number of thioether (sulfide) groups is 1. The Morgan fingerprint density at radius 2 is 1.78 bits per heavy atom. The Morgan fingerprint density at radius 1 is 1.03 bits per heavy atom. The van der Waals surface area contributed by atoms with Crippen molar-refractivity contribution < 1.29 is 9.53 Å². The number of methoxy groups -OCH3 is 1. The number of hydrogen-bond acceptors (Lipinski definition) is 6. The largest absolute Gasteiger partial charge is 0.495 e. The van der Waals surface area contributed by atoms with E-state index in [0.717, 1.165) is 51.8 Å². The van der Waals surface area contributed by atoms with Gasteiger partial charge in [0.15, 0.2) is 10.8 Å². The van der Waals surface area contributed by atoms with E-state index in [-0.39, 0.29) is 5.91 Å². The van der Waals surface area contributed by atoms with Crippen LogP contribution in [0.3, 0.4) is 0 Å². The van der Waals surface area contributed by atoms with Crippen molar-refractivity contribution in [3.05, 3.63) is 60.2 Å². The van der Waals surface area contributed by atoms with Gasteiger partial charge < -0.3 is 14.5 Å². The summed E-state index contributed by atoms with van der Waals surface area (Å²) >= 11 is 1.45. The zero-order chi connectivity index (χ0) is 22.1. The molecular weight excluding hydrogens is 422 g/mol. The summed E-state index contributed by atoms with van der Waals surface area (Å²) in [6.07, 6.45) is 0. The molecule has 0 spiro atoms. The second kappa shape index (κ2) is 8.70. The molecule has 1 fully saturated rings. The van der Waals surface area contributed by atoms with Crippen LogP contribution in [0.2, 0.25) is 0 Å². The van der Waals surface area contributed by atoms with E-state index in [1.54, 1.807) is 7.11 Å². The topological polar surface area (TPSA) is 63.0 Å². The lowest BCUT2D eigenvalue weighted by atomic mass is 10.1. The maximum Gasteiger partial charge on any atom is 0.233 e. The van der Waals surface area contributed by atoms with Gasteiger partial charge in [-0.05, 0) is 42.1 Å². The second-order valence-corrected chi connectivity index (χ2v) is 8.80. The summed E-state index contributed by atoms with van der Waals surface area (Å²) in [5, 5.41) is 10.6. The SMILES string of the molecule is COc1ccccc1N1CCN(C(=O)CSc2nnc3c(C)cc4ccccc4n23)CC1. The number of carbonyl (C=O) groups is 1. The molecule has 8 heteroatoms. The smallest absolute Gasteiger partial charge is 0.233 e. The normalized spacial score (nSPS) is 14.3. The molecule has 0 atom stereocenters. The van der Waals surface area contributed by atoms with Crippen molar-refractivity contribution in [3.63, 3.8) is 0 Å². The number of anilines is 1. The molecule has 164 valence electrons. The van der Waals surface area contributed by atoms with E-state index in [4.69, 9.17) is 4.74 Å². The van der Waals surface area contributed by atoms with Gasteiger partial charge in [-0.3, -0.25) is 9.20 Å². The van der Waals surface area contributed by atoms with Crippen LogP contribution in [0.1, 0.15) is 5.56 Å². The first-order chi connectivity index (χ1) is 15.7. The molecule has 1 saturated heterocycles. The van der Waals surface area contributed by atoms with E-state index < -0.39 is 0 Å². The van der Waals surface area contributed by atoms with E-state index in [1.165, 1.54) is 11.8 Å². The molecular formula is C24H25N5O2S. The molecule has 5 rings (SSSR count). The highest BCUT2D eigenvalue weighted by Crippen LogP contribution is 2.29. The van der Waals surface area contributed by atoms with Gasteiger partial charge in [-0.15, -0.1) is 10.2 Å². The summed E-state index contributed by atoms with van der Waals surface area (Å²) in [5.74, 6) is 1.34. The third kappa shape index (κ3) is 3.75. The zero-order valence-corrected chi connectivity index (χ0v) is 19.0. The number of ether oxygens (including phenoxy) is 1. The second-order valence-electron chi connectivity index (χ2n) is 7.86. The number of fused-ring (bicyclic) bond motifs is 3. The fourth-order valence-corrected chi connectivity index (χ4v) is 5.10.